The normalized spacial score (nSPS) is 19.3. The molecule has 1 aliphatic rings. The minimum absolute atomic E-state index is 0.450. The van der Waals surface area contributed by atoms with Crippen LogP contribution in [0.25, 0.3) is 16.9 Å². The van der Waals surface area contributed by atoms with Gasteiger partial charge in [-0.15, -0.1) is 0 Å². The highest BCUT2D eigenvalue weighted by Gasteiger charge is 2.26. The highest BCUT2D eigenvalue weighted by molar-refractivity contribution is 5.74. The Bertz CT molecular complexity index is 796. The molecule has 0 radical (unpaired) electrons. The third-order valence-corrected chi connectivity index (χ3v) is 4.68. The molecule has 4 rings (SSSR count). The first-order chi connectivity index (χ1) is 11.4. The molecule has 3 aromatic rings. The number of imidazole rings is 1. The highest BCUT2D eigenvalue weighted by atomic mass is 15.2. The van der Waals surface area contributed by atoms with Crippen molar-refractivity contribution in [3.8, 4) is 5.69 Å². The Morgan fingerprint density at radius 3 is 2.87 bits per heavy atom. The first-order valence-corrected chi connectivity index (χ1v) is 8.33. The summed E-state index contributed by atoms with van der Waals surface area (Å²) in [4.78, 5) is 16.2. The average Bonchev–Trinajstić information content (AvgIpc) is 3.02. The lowest BCUT2D eigenvalue weighted by Crippen LogP contribution is -2.35. The number of hydrogen-bond donors (Lipinski definition) is 0. The summed E-state index contributed by atoms with van der Waals surface area (Å²) in [6.45, 7) is 5.60. The van der Waals surface area contributed by atoms with Crippen molar-refractivity contribution in [3.63, 3.8) is 0 Å². The summed E-state index contributed by atoms with van der Waals surface area (Å²) in [5.74, 6) is 1.58. The van der Waals surface area contributed by atoms with Crippen molar-refractivity contribution in [2.24, 2.45) is 0 Å². The lowest BCUT2D eigenvalue weighted by atomic mass is 9.97. The molecule has 0 aliphatic carbocycles. The Balaban J connectivity index is 1.86. The van der Waals surface area contributed by atoms with Crippen molar-refractivity contribution in [1.82, 2.24) is 24.4 Å². The van der Waals surface area contributed by atoms with E-state index in [1.807, 2.05) is 42.9 Å². The van der Waals surface area contributed by atoms with Crippen LogP contribution in [0.4, 0.5) is 0 Å². The van der Waals surface area contributed by atoms with Gasteiger partial charge in [0.05, 0.1) is 5.69 Å². The molecule has 0 saturated carbocycles. The summed E-state index contributed by atoms with van der Waals surface area (Å²) in [5, 5.41) is 0. The molecule has 1 aliphatic heterocycles. The van der Waals surface area contributed by atoms with Crippen LogP contribution in [-0.4, -0.2) is 44.1 Å². The molecule has 0 amide bonds. The number of pyridine rings is 2. The smallest absolute Gasteiger partial charge is 0.164 e. The minimum atomic E-state index is 0.450. The number of aromatic nitrogens is 4. The summed E-state index contributed by atoms with van der Waals surface area (Å²) < 4.78 is 2.21. The fraction of sp³-hybridized carbons (Fsp3) is 0.389. The van der Waals surface area contributed by atoms with Gasteiger partial charge in [0.2, 0.25) is 0 Å². The maximum absolute atomic E-state index is 4.93. The predicted octanol–water partition coefficient (Wildman–Crippen LogP) is 3.01. The van der Waals surface area contributed by atoms with Gasteiger partial charge in [0.15, 0.2) is 5.65 Å². The highest BCUT2D eigenvalue weighted by Crippen LogP contribution is 2.30. The van der Waals surface area contributed by atoms with Crippen LogP contribution < -0.4 is 0 Å². The molecule has 1 saturated heterocycles. The summed E-state index contributed by atoms with van der Waals surface area (Å²) in [5.41, 5.74) is 2.99. The number of rotatable bonds is 3. The van der Waals surface area contributed by atoms with Crippen molar-refractivity contribution in [3.05, 3.63) is 48.7 Å². The number of piperidine rings is 1. The Kier molecular flexibility index (Phi) is 3.79. The van der Waals surface area contributed by atoms with Crippen LogP contribution in [-0.2, 0) is 0 Å². The number of likely N-dealkylation sites (N-methyl/N-ethyl adjacent to an activating group) is 1. The van der Waals surface area contributed by atoms with Crippen LogP contribution in [0.3, 0.4) is 0 Å². The largest absolute Gasteiger partial charge is 0.303 e. The van der Waals surface area contributed by atoms with Gasteiger partial charge in [0, 0.05) is 31.1 Å². The molecular formula is C18H21N5. The summed E-state index contributed by atoms with van der Waals surface area (Å²) >= 11 is 0. The van der Waals surface area contributed by atoms with E-state index in [0.717, 1.165) is 35.8 Å². The predicted molar refractivity (Wildman–Crippen MR) is 90.7 cm³/mol. The van der Waals surface area contributed by atoms with E-state index in [-0.39, 0.29) is 0 Å². The fourth-order valence-corrected chi connectivity index (χ4v) is 3.50. The Labute approximate surface area is 136 Å². The van der Waals surface area contributed by atoms with E-state index < -0.39 is 0 Å². The summed E-state index contributed by atoms with van der Waals surface area (Å²) in [6, 6.07) is 8.05. The quantitative estimate of drug-likeness (QED) is 0.746. The van der Waals surface area contributed by atoms with Crippen molar-refractivity contribution in [2.45, 2.75) is 25.7 Å². The van der Waals surface area contributed by atoms with Crippen LogP contribution in [0.2, 0.25) is 0 Å². The second-order valence-corrected chi connectivity index (χ2v) is 6.09. The fourth-order valence-electron chi connectivity index (χ4n) is 3.50. The molecule has 1 fully saturated rings. The van der Waals surface area contributed by atoms with Crippen molar-refractivity contribution < 1.29 is 0 Å². The van der Waals surface area contributed by atoms with Crippen molar-refractivity contribution in [1.29, 1.82) is 0 Å². The Hall–Kier alpha value is -2.27. The van der Waals surface area contributed by atoms with Crippen molar-refractivity contribution in [2.75, 3.05) is 19.6 Å². The topological polar surface area (TPSA) is 46.8 Å². The van der Waals surface area contributed by atoms with Crippen LogP contribution in [0, 0.1) is 0 Å². The number of hydrogen-bond acceptors (Lipinski definition) is 4. The Morgan fingerprint density at radius 2 is 2.04 bits per heavy atom. The van der Waals surface area contributed by atoms with E-state index in [1.165, 1.54) is 19.4 Å². The van der Waals surface area contributed by atoms with E-state index in [9.17, 15) is 0 Å². The molecule has 0 spiro atoms. The number of fused-ring (bicyclic) bond motifs is 1. The minimum Gasteiger partial charge on any atom is -0.303 e. The van der Waals surface area contributed by atoms with Gasteiger partial charge >= 0.3 is 0 Å². The molecular weight excluding hydrogens is 286 g/mol. The molecule has 0 aromatic carbocycles. The SMILES string of the molecule is CCN1CCCC(c2nc3cccnc3n2-c2ccncc2)C1. The van der Waals surface area contributed by atoms with E-state index >= 15 is 0 Å². The number of likely N-dealkylation sites (tertiary alicyclic amines) is 1. The maximum atomic E-state index is 4.93. The van der Waals surface area contributed by atoms with Gasteiger partial charge in [-0.25, -0.2) is 9.97 Å². The van der Waals surface area contributed by atoms with Crippen LogP contribution in [0.1, 0.15) is 31.5 Å². The zero-order valence-corrected chi connectivity index (χ0v) is 13.4. The zero-order chi connectivity index (χ0) is 15.6. The lowest BCUT2D eigenvalue weighted by Gasteiger charge is -2.31. The van der Waals surface area contributed by atoms with Gasteiger partial charge < -0.3 is 4.90 Å². The molecule has 0 bridgehead atoms. The van der Waals surface area contributed by atoms with Gasteiger partial charge in [-0.3, -0.25) is 9.55 Å². The van der Waals surface area contributed by atoms with Gasteiger partial charge in [0.25, 0.3) is 0 Å². The third kappa shape index (κ3) is 2.61. The standard InChI is InChI=1S/C18H21N5/c1-2-22-12-4-5-14(13-22)17-21-16-6-3-9-20-18(16)23(17)15-7-10-19-11-8-15/h3,6-11,14H,2,4-5,12-13H2,1H3. The van der Waals surface area contributed by atoms with E-state index in [0.29, 0.717) is 5.92 Å². The van der Waals surface area contributed by atoms with Gasteiger partial charge in [-0.1, -0.05) is 6.92 Å². The zero-order valence-electron chi connectivity index (χ0n) is 13.4. The van der Waals surface area contributed by atoms with Gasteiger partial charge in [0.1, 0.15) is 11.3 Å². The monoisotopic (exact) mass is 307 g/mol. The van der Waals surface area contributed by atoms with Gasteiger partial charge in [-0.2, -0.15) is 0 Å². The second-order valence-electron chi connectivity index (χ2n) is 6.09. The summed E-state index contributed by atoms with van der Waals surface area (Å²) in [7, 11) is 0. The first-order valence-electron chi connectivity index (χ1n) is 8.33. The molecule has 1 unspecified atom stereocenters. The van der Waals surface area contributed by atoms with Gasteiger partial charge in [-0.05, 0) is 50.2 Å². The molecule has 118 valence electrons. The van der Waals surface area contributed by atoms with Crippen LogP contribution in [0.15, 0.2) is 42.9 Å². The Morgan fingerprint density at radius 1 is 1.17 bits per heavy atom. The van der Waals surface area contributed by atoms with E-state index in [2.05, 4.69) is 26.4 Å². The summed E-state index contributed by atoms with van der Waals surface area (Å²) in [6.07, 6.45) is 7.90. The third-order valence-electron chi connectivity index (χ3n) is 4.68. The van der Waals surface area contributed by atoms with E-state index in [1.54, 1.807) is 0 Å². The molecule has 5 heteroatoms. The molecule has 4 heterocycles. The second kappa shape index (κ2) is 6.08. The molecule has 23 heavy (non-hydrogen) atoms. The lowest BCUT2D eigenvalue weighted by molar-refractivity contribution is 0.213. The van der Waals surface area contributed by atoms with Crippen LogP contribution in [0.5, 0.6) is 0 Å². The average molecular weight is 307 g/mol. The first kappa shape index (κ1) is 14.3. The molecule has 0 N–H and O–H groups in total. The van der Waals surface area contributed by atoms with E-state index in [4.69, 9.17) is 4.98 Å². The van der Waals surface area contributed by atoms with Crippen LogP contribution >= 0.6 is 0 Å². The van der Waals surface area contributed by atoms with Crippen molar-refractivity contribution >= 4 is 11.2 Å². The molecule has 3 aromatic heterocycles. The maximum Gasteiger partial charge on any atom is 0.164 e. The number of nitrogens with zero attached hydrogens (tertiary/aromatic N) is 5. The molecule has 1 atom stereocenters. The molecule has 5 nitrogen and oxygen atoms in total.